The summed E-state index contributed by atoms with van der Waals surface area (Å²) in [5.41, 5.74) is 0. The van der Waals surface area contributed by atoms with Crippen molar-refractivity contribution in [2.24, 2.45) is 0 Å². The van der Waals surface area contributed by atoms with Crippen LogP contribution in [0.3, 0.4) is 0 Å². The van der Waals surface area contributed by atoms with Crippen LogP contribution in [0.1, 0.15) is 0 Å². The summed E-state index contributed by atoms with van der Waals surface area (Å²) in [5, 5.41) is 38.2. The van der Waals surface area contributed by atoms with E-state index in [4.69, 9.17) is 33.7 Å². The Labute approximate surface area is 109 Å². The lowest BCUT2D eigenvalue weighted by atomic mass is 10.6. The van der Waals surface area contributed by atoms with Gasteiger partial charge in [-0.3, -0.25) is 9.11 Å². The Balaban J connectivity index is -0.000000196. The molecule has 0 amide bonds. The van der Waals surface area contributed by atoms with Crippen LogP contribution in [0.25, 0.3) is 0 Å². The summed E-state index contributed by atoms with van der Waals surface area (Å²) >= 11 is -2.61. The van der Waals surface area contributed by atoms with Gasteiger partial charge in [0, 0.05) is 26.2 Å². The molecule has 0 aromatic carbocycles. The van der Waals surface area contributed by atoms with E-state index in [1.165, 1.54) is 0 Å². The van der Waals surface area contributed by atoms with E-state index in [1.807, 2.05) is 0 Å². The minimum atomic E-state index is -2.61. The molecule has 0 spiro atoms. The van der Waals surface area contributed by atoms with Crippen molar-refractivity contribution >= 4 is 11.4 Å². The predicted molar refractivity (Wildman–Crippen MR) is 67.5 cm³/mol. The van der Waals surface area contributed by atoms with Gasteiger partial charge in [-0.25, -0.2) is 0 Å². The first-order valence-electron chi connectivity index (χ1n) is 5.21. The number of nitrogens with one attached hydrogen (secondary N) is 2. The Morgan fingerprint density at radius 1 is 0.667 bits per heavy atom. The van der Waals surface area contributed by atoms with Gasteiger partial charge in [0.2, 0.25) is 0 Å². The highest BCUT2D eigenvalue weighted by Gasteiger charge is 1.78. The van der Waals surface area contributed by atoms with Gasteiger partial charge < -0.3 is 31.1 Å². The Kier molecular flexibility index (Phi) is 32.7. The Hall–Kier alpha value is -0.170. The molecule has 0 aliphatic rings. The third kappa shape index (κ3) is 56.8. The highest BCUT2D eigenvalue weighted by molar-refractivity contribution is 7.73. The number of aliphatic hydroxyl groups is 4. The van der Waals surface area contributed by atoms with Crippen molar-refractivity contribution in [2.75, 3.05) is 52.6 Å². The van der Waals surface area contributed by atoms with Crippen LogP contribution in [0.2, 0.25) is 0 Å². The molecule has 0 rings (SSSR count). The molecule has 0 aliphatic carbocycles. The van der Waals surface area contributed by atoms with Crippen LogP contribution in [0, 0.1) is 0 Å². The molecule has 114 valence electrons. The smallest absolute Gasteiger partial charge is 0.299 e. The van der Waals surface area contributed by atoms with E-state index >= 15 is 0 Å². The first-order valence-corrected chi connectivity index (χ1v) is 6.27. The first-order chi connectivity index (χ1) is 8.56. The number of aliphatic hydroxyl groups excluding tert-OH is 4. The summed E-state index contributed by atoms with van der Waals surface area (Å²) in [6.45, 7) is 2.84. The molecule has 9 nitrogen and oxygen atoms in total. The second kappa shape index (κ2) is 25.6. The number of rotatable bonds is 8. The molecule has 0 heterocycles. The monoisotopic (exact) mass is 292 g/mol. The van der Waals surface area contributed by atoms with E-state index in [2.05, 4.69) is 10.6 Å². The summed E-state index contributed by atoms with van der Waals surface area (Å²) in [6, 6.07) is 0. The molecule has 0 radical (unpaired) electrons. The van der Waals surface area contributed by atoms with Gasteiger partial charge in [-0.1, -0.05) is 0 Å². The van der Waals surface area contributed by atoms with Crippen molar-refractivity contribution in [1.29, 1.82) is 0 Å². The maximum atomic E-state index is 8.67. The molecule has 0 atom stereocenters. The van der Waals surface area contributed by atoms with Crippen LogP contribution in [0.4, 0.5) is 0 Å². The molecule has 0 bridgehead atoms. The van der Waals surface area contributed by atoms with E-state index < -0.39 is 11.4 Å². The third-order valence-electron chi connectivity index (χ3n) is 1.15. The molecule has 0 fully saturated rings. The maximum absolute atomic E-state index is 8.67. The average Bonchev–Trinajstić information content (AvgIpc) is 2.31. The molecule has 0 saturated heterocycles. The van der Waals surface area contributed by atoms with Crippen LogP contribution in [-0.4, -0.2) is 86.3 Å². The van der Waals surface area contributed by atoms with Crippen molar-refractivity contribution in [3.8, 4) is 0 Å². The molecule has 0 unspecified atom stereocenters. The van der Waals surface area contributed by atoms with Crippen LogP contribution < -0.4 is 10.6 Å². The third-order valence-corrected chi connectivity index (χ3v) is 1.15. The van der Waals surface area contributed by atoms with Gasteiger partial charge in [-0.2, -0.15) is 4.21 Å². The van der Waals surface area contributed by atoms with Gasteiger partial charge >= 0.3 is 0 Å². The van der Waals surface area contributed by atoms with Crippen LogP contribution in [0.5, 0.6) is 0 Å². The van der Waals surface area contributed by atoms with E-state index in [0.717, 1.165) is 0 Å². The van der Waals surface area contributed by atoms with E-state index in [0.29, 0.717) is 26.2 Å². The quantitative estimate of drug-likeness (QED) is 0.170. The van der Waals surface area contributed by atoms with Crippen LogP contribution in [-0.2, 0) is 11.4 Å². The Morgan fingerprint density at radius 3 is 0.944 bits per heavy atom. The fraction of sp³-hybridized carbons (Fsp3) is 1.00. The molecule has 0 aromatic heterocycles. The topological polar surface area (TPSA) is 163 Å². The molecule has 18 heavy (non-hydrogen) atoms. The van der Waals surface area contributed by atoms with E-state index in [-0.39, 0.29) is 26.4 Å². The Bertz CT molecular complexity index is 131. The minimum Gasteiger partial charge on any atom is -0.395 e. The Morgan fingerprint density at radius 2 is 0.833 bits per heavy atom. The molecule has 0 aromatic rings. The average molecular weight is 292 g/mol. The second-order valence-electron chi connectivity index (χ2n) is 2.63. The molecule has 8 N–H and O–H groups in total. The number of hydrogen-bond donors (Lipinski definition) is 8. The van der Waals surface area contributed by atoms with Crippen LogP contribution >= 0.6 is 0 Å². The van der Waals surface area contributed by atoms with Gasteiger partial charge in [-0.15, -0.1) is 0 Å². The molecule has 0 saturated carbocycles. The zero-order chi connectivity index (χ0) is 14.6. The molecular weight excluding hydrogens is 268 g/mol. The summed E-state index contributed by atoms with van der Waals surface area (Å²) < 4.78 is 22.8. The molecule has 10 heteroatoms. The lowest BCUT2D eigenvalue weighted by Crippen LogP contribution is -2.21. The SMILES string of the molecule is O=S(O)O.OCCNCCO.OCCNCCO. The summed E-state index contributed by atoms with van der Waals surface area (Å²) in [5.74, 6) is 0. The van der Waals surface area contributed by atoms with Crippen molar-refractivity contribution in [3.05, 3.63) is 0 Å². The highest BCUT2D eigenvalue weighted by atomic mass is 32.2. The van der Waals surface area contributed by atoms with Gasteiger partial charge in [0.05, 0.1) is 26.4 Å². The summed E-state index contributed by atoms with van der Waals surface area (Å²) in [7, 11) is 0. The second-order valence-corrected chi connectivity index (χ2v) is 3.09. The van der Waals surface area contributed by atoms with Gasteiger partial charge in [-0.05, 0) is 0 Å². The predicted octanol–water partition coefficient (Wildman–Crippen LogP) is -3.20. The summed E-state index contributed by atoms with van der Waals surface area (Å²) in [4.78, 5) is 0. The normalized spacial score (nSPS) is 9.28. The van der Waals surface area contributed by atoms with E-state index in [9.17, 15) is 0 Å². The zero-order valence-electron chi connectivity index (χ0n) is 10.2. The largest absolute Gasteiger partial charge is 0.395 e. The number of hydrogen-bond acceptors (Lipinski definition) is 7. The fourth-order valence-corrected chi connectivity index (χ4v) is 0.566. The van der Waals surface area contributed by atoms with Crippen molar-refractivity contribution in [2.45, 2.75) is 0 Å². The first kappa shape index (κ1) is 23.0. The van der Waals surface area contributed by atoms with Crippen molar-refractivity contribution < 1.29 is 33.7 Å². The van der Waals surface area contributed by atoms with Crippen molar-refractivity contribution in [1.82, 2.24) is 10.6 Å². The zero-order valence-corrected chi connectivity index (χ0v) is 11.0. The summed E-state index contributed by atoms with van der Waals surface area (Å²) in [6.07, 6.45) is 0. The van der Waals surface area contributed by atoms with Crippen LogP contribution in [0.15, 0.2) is 0 Å². The lowest BCUT2D eigenvalue weighted by Gasteiger charge is -1.94. The molecule has 0 aliphatic heterocycles. The van der Waals surface area contributed by atoms with Crippen molar-refractivity contribution in [3.63, 3.8) is 0 Å². The maximum Gasteiger partial charge on any atom is 0.299 e. The standard InChI is InChI=1S/2C4H11NO2.H2O3S/c2*6-3-1-5-2-4-7;1-4(2)3/h2*5-7H,1-4H2;(H2,1,2,3). The highest BCUT2D eigenvalue weighted by Crippen LogP contribution is 1.54. The van der Waals surface area contributed by atoms with Gasteiger partial charge in [0.25, 0.3) is 11.4 Å². The fourth-order valence-electron chi connectivity index (χ4n) is 0.566. The molecular formula is C8H24N2O7S. The minimum absolute atomic E-state index is 0.139. The van der Waals surface area contributed by atoms with E-state index in [1.54, 1.807) is 0 Å². The van der Waals surface area contributed by atoms with Gasteiger partial charge in [0.15, 0.2) is 0 Å². The van der Waals surface area contributed by atoms with Gasteiger partial charge in [0.1, 0.15) is 0 Å². The lowest BCUT2D eigenvalue weighted by molar-refractivity contribution is 0.266.